The highest BCUT2D eigenvalue weighted by atomic mass is 32.2. The number of hydrogen-bond acceptors (Lipinski definition) is 6. The summed E-state index contributed by atoms with van der Waals surface area (Å²) in [7, 11) is 0. The van der Waals surface area contributed by atoms with Crippen molar-refractivity contribution >= 4 is 11.8 Å². The maximum absolute atomic E-state index is 5.48. The standard InChI is InChI=1S/C10H14N6S/c1-8-3-2-4-9(12-8)7-17-10-13-14-15-16(10)6-5-11/h2-4H,5-7,11H2,1H3. The predicted molar refractivity (Wildman–Crippen MR) is 65.4 cm³/mol. The fraction of sp³-hybridized carbons (Fsp3) is 0.400. The Morgan fingerprint density at radius 3 is 3.06 bits per heavy atom. The van der Waals surface area contributed by atoms with E-state index in [0.717, 1.165) is 22.3 Å². The first kappa shape index (κ1) is 12.0. The first-order valence-corrected chi connectivity index (χ1v) is 6.29. The molecule has 0 amide bonds. The molecule has 0 spiro atoms. The Hall–Kier alpha value is -1.47. The van der Waals surface area contributed by atoms with E-state index in [4.69, 9.17) is 5.73 Å². The molecule has 0 aliphatic carbocycles. The van der Waals surface area contributed by atoms with Gasteiger partial charge in [0, 0.05) is 18.0 Å². The molecule has 2 aromatic rings. The lowest BCUT2D eigenvalue weighted by Gasteiger charge is -2.02. The van der Waals surface area contributed by atoms with Crippen LogP contribution in [0.3, 0.4) is 0 Å². The average molecular weight is 250 g/mol. The number of nitrogens with two attached hydrogens (primary N) is 1. The van der Waals surface area contributed by atoms with Gasteiger partial charge in [0.1, 0.15) is 0 Å². The van der Waals surface area contributed by atoms with Crippen molar-refractivity contribution in [1.29, 1.82) is 0 Å². The molecule has 7 heteroatoms. The van der Waals surface area contributed by atoms with Crippen molar-refractivity contribution in [2.24, 2.45) is 5.73 Å². The quantitative estimate of drug-likeness (QED) is 0.784. The van der Waals surface area contributed by atoms with Crippen molar-refractivity contribution in [3.8, 4) is 0 Å². The topological polar surface area (TPSA) is 82.5 Å². The fourth-order valence-corrected chi connectivity index (χ4v) is 2.19. The normalized spacial score (nSPS) is 10.7. The minimum atomic E-state index is 0.529. The summed E-state index contributed by atoms with van der Waals surface area (Å²) in [6, 6.07) is 5.98. The molecule has 0 saturated heterocycles. The molecule has 0 unspecified atom stereocenters. The molecule has 0 aromatic carbocycles. The van der Waals surface area contributed by atoms with Gasteiger partial charge in [0.25, 0.3) is 0 Å². The molecular weight excluding hydrogens is 236 g/mol. The summed E-state index contributed by atoms with van der Waals surface area (Å²) in [5.41, 5.74) is 7.52. The summed E-state index contributed by atoms with van der Waals surface area (Å²) in [4.78, 5) is 4.42. The molecule has 0 radical (unpaired) electrons. The molecule has 0 bridgehead atoms. The second-order valence-electron chi connectivity index (χ2n) is 3.53. The van der Waals surface area contributed by atoms with E-state index in [1.165, 1.54) is 0 Å². The molecule has 2 heterocycles. The van der Waals surface area contributed by atoms with Crippen molar-refractivity contribution in [3.63, 3.8) is 0 Å². The lowest BCUT2D eigenvalue weighted by molar-refractivity contribution is 0.557. The maximum Gasteiger partial charge on any atom is 0.209 e. The van der Waals surface area contributed by atoms with Gasteiger partial charge in [-0.3, -0.25) is 4.98 Å². The number of aromatic nitrogens is 5. The highest BCUT2D eigenvalue weighted by molar-refractivity contribution is 7.98. The average Bonchev–Trinajstić information content (AvgIpc) is 2.75. The SMILES string of the molecule is Cc1cccc(CSc2nnnn2CCN)n1. The maximum atomic E-state index is 5.48. The van der Waals surface area contributed by atoms with Gasteiger partial charge >= 0.3 is 0 Å². The van der Waals surface area contributed by atoms with Crippen LogP contribution in [0.15, 0.2) is 23.4 Å². The van der Waals surface area contributed by atoms with Gasteiger partial charge in [-0.15, -0.1) is 5.10 Å². The van der Waals surface area contributed by atoms with E-state index in [1.807, 2.05) is 25.1 Å². The summed E-state index contributed by atoms with van der Waals surface area (Å²) in [5, 5.41) is 12.2. The molecule has 90 valence electrons. The minimum absolute atomic E-state index is 0.529. The third-order valence-corrected chi connectivity index (χ3v) is 3.13. The molecule has 17 heavy (non-hydrogen) atoms. The van der Waals surface area contributed by atoms with Crippen molar-refractivity contribution < 1.29 is 0 Å². The fourth-order valence-electron chi connectivity index (χ4n) is 1.38. The van der Waals surface area contributed by atoms with Gasteiger partial charge in [0.2, 0.25) is 5.16 Å². The molecule has 0 atom stereocenters. The predicted octanol–water partition coefficient (Wildman–Crippen LogP) is 0.628. The molecule has 2 aromatic heterocycles. The third-order valence-electron chi connectivity index (χ3n) is 2.14. The summed E-state index contributed by atoms with van der Waals surface area (Å²) in [6.45, 7) is 3.14. The Labute approximate surface area is 104 Å². The Kier molecular flexibility index (Phi) is 4.05. The number of tetrazole rings is 1. The van der Waals surface area contributed by atoms with Gasteiger partial charge in [0.15, 0.2) is 0 Å². The summed E-state index contributed by atoms with van der Waals surface area (Å²) in [5.74, 6) is 0.757. The van der Waals surface area contributed by atoms with Crippen LogP contribution in [-0.2, 0) is 12.3 Å². The Balaban J connectivity index is 1.99. The second kappa shape index (κ2) is 5.74. The van der Waals surface area contributed by atoms with E-state index >= 15 is 0 Å². The summed E-state index contributed by atoms with van der Waals surface area (Å²) >= 11 is 1.56. The zero-order valence-corrected chi connectivity index (χ0v) is 10.4. The zero-order chi connectivity index (χ0) is 12.1. The number of nitrogens with zero attached hydrogens (tertiary/aromatic N) is 5. The van der Waals surface area contributed by atoms with E-state index in [1.54, 1.807) is 16.4 Å². The van der Waals surface area contributed by atoms with Crippen molar-refractivity contribution in [3.05, 3.63) is 29.6 Å². The molecule has 0 aliphatic heterocycles. The zero-order valence-electron chi connectivity index (χ0n) is 9.58. The Morgan fingerprint density at radius 2 is 2.29 bits per heavy atom. The highest BCUT2D eigenvalue weighted by Gasteiger charge is 2.06. The van der Waals surface area contributed by atoms with Gasteiger partial charge in [-0.05, 0) is 29.5 Å². The van der Waals surface area contributed by atoms with Crippen LogP contribution in [0.2, 0.25) is 0 Å². The van der Waals surface area contributed by atoms with Crippen LogP contribution in [0.1, 0.15) is 11.4 Å². The smallest absolute Gasteiger partial charge is 0.209 e. The number of pyridine rings is 1. The monoisotopic (exact) mass is 250 g/mol. The van der Waals surface area contributed by atoms with Gasteiger partial charge in [-0.2, -0.15) is 0 Å². The van der Waals surface area contributed by atoms with Crippen LogP contribution in [0.5, 0.6) is 0 Å². The highest BCUT2D eigenvalue weighted by Crippen LogP contribution is 2.18. The van der Waals surface area contributed by atoms with Gasteiger partial charge in [0.05, 0.1) is 12.2 Å². The van der Waals surface area contributed by atoms with Crippen molar-refractivity contribution in [2.75, 3.05) is 6.54 Å². The first-order chi connectivity index (χ1) is 8.29. The van der Waals surface area contributed by atoms with E-state index in [9.17, 15) is 0 Å². The van der Waals surface area contributed by atoms with Crippen LogP contribution in [-0.4, -0.2) is 31.7 Å². The van der Waals surface area contributed by atoms with Crippen LogP contribution in [0.25, 0.3) is 0 Å². The first-order valence-electron chi connectivity index (χ1n) is 5.31. The molecular formula is C10H14N6S. The minimum Gasteiger partial charge on any atom is -0.329 e. The Morgan fingerprint density at radius 1 is 1.41 bits per heavy atom. The van der Waals surface area contributed by atoms with E-state index in [2.05, 4.69) is 20.5 Å². The van der Waals surface area contributed by atoms with Gasteiger partial charge < -0.3 is 5.73 Å². The molecule has 0 saturated carbocycles. The summed E-state index contributed by atoms with van der Waals surface area (Å²) < 4.78 is 1.71. The van der Waals surface area contributed by atoms with Crippen LogP contribution in [0.4, 0.5) is 0 Å². The molecule has 0 fully saturated rings. The lowest BCUT2D eigenvalue weighted by Crippen LogP contribution is -2.12. The van der Waals surface area contributed by atoms with Crippen molar-refractivity contribution in [1.82, 2.24) is 25.2 Å². The summed E-state index contributed by atoms with van der Waals surface area (Å²) in [6.07, 6.45) is 0. The second-order valence-corrected chi connectivity index (χ2v) is 4.47. The Bertz CT molecular complexity index is 483. The number of aryl methyl sites for hydroxylation is 1. The van der Waals surface area contributed by atoms with Crippen LogP contribution < -0.4 is 5.73 Å². The third kappa shape index (κ3) is 3.24. The number of rotatable bonds is 5. The molecule has 2 N–H and O–H groups in total. The molecule has 0 aliphatic rings. The van der Waals surface area contributed by atoms with E-state index in [-0.39, 0.29) is 0 Å². The van der Waals surface area contributed by atoms with E-state index in [0.29, 0.717) is 13.1 Å². The van der Waals surface area contributed by atoms with Gasteiger partial charge in [-0.1, -0.05) is 17.8 Å². The molecule has 2 rings (SSSR count). The van der Waals surface area contributed by atoms with Crippen LogP contribution in [0, 0.1) is 6.92 Å². The number of thioether (sulfide) groups is 1. The van der Waals surface area contributed by atoms with E-state index < -0.39 is 0 Å². The number of hydrogen-bond donors (Lipinski definition) is 1. The molecule has 6 nitrogen and oxygen atoms in total. The van der Waals surface area contributed by atoms with Gasteiger partial charge in [-0.25, -0.2) is 4.68 Å². The largest absolute Gasteiger partial charge is 0.329 e. The lowest BCUT2D eigenvalue weighted by atomic mass is 10.3. The van der Waals surface area contributed by atoms with Crippen LogP contribution >= 0.6 is 11.8 Å². The van der Waals surface area contributed by atoms with Crippen molar-refractivity contribution in [2.45, 2.75) is 24.4 Å².